The minimum absolute atomic E-state index is 0.0926. The van der Waals surface area contributed by atoms with Gasteiger partial charge in [-0.15, -0.1) is 0 Å². The molecule has 2 rings (SSSR count). The van der Waals surface area contributed by atoms with E-state index < -0.39 is 5.92 Å². The van der Waals surface area contributed by atoms with Crippen molar-refractivity contribution in [2.24, 2.45) is 10.9 Å². The van der Waals surface area contributed by atoms with Crippen LogP contribution >= 0.6 is 12.2 Å². The highest BCUT2D eigenvalue weighted by atomic mass is 32.1. The van der Waals surface area contributed by atoms with Crippen LogP contribution in [0.3, 0.4) is 0 Å². The van der Waals surface area contributed by atoms with Crippen LogP contribution in [0.2, 0.25) is 0 Å². The van der Waals surface area contributed by atoms with Gasteiger partial charge in [-0.05, 0) is 31.6 Å². The molecular weight excluding hydrogens is 314 g/mol. The Morgan fingerprint density at radius 2 is 2.30 bits per heavy atom. The van der Waals surface area contributed by atoms with E-state index in [-0.39, 0.29) is 23.0 Å². The molecule has 0 saturated carbocycles. The molecule has 2 unspecified atom stereocenters. The normalized spacial score (nSPS) is 21.5. The molecule has 1 aliphatic heterocycles. The van der Waals surface area contributed by atoms with Crippen LogP contribution in [0.4, 0.5) is 0 Å². The number of allylic oxidation sites excluding steroid dienone is 1. The van der Waals surface area contributed by atoms with Gasteiger partial charge in [-0.2, -0.15) is 0 Å². The van der Waals surface area contributed by atoms with E-state index in [9.17, 15) is 9.59 Å². The molecule has 2 aliphatic rings. The summed E-state index contributed by atoms with van der Waals surface area (Å²) in [5.74, 6) is -0.790. The highest BCUT2D eigenvalue weighted by Crippen LogP contribution is 2.22. The zero-order valence-corrected chi connectivity index (χ0v) is 14.4. The molecular formula is C16H21N3O3S. The first-order valence-electron chi connectivity index (χ1n) is 7.61. The summed E-state index contributed by atoms with van der Waals surface area (Å²) in [7, 11) is 1.57. The van der Waals surface area contributed by atoms with Crippen molar-refractivity contribution in [3.05, 3.63) is 23.8 Å². The number of nitrogens with one attached hydrogen (secondary N) is 1. The SMILES string of the molecule is CCC(C)NC(=O)C1=CC2=NC(=S)N(CCOC)C(=O)C2C=C1. The molecule has 0 bridgehead atoms. The van der Waals surface area contributed by atoms with Gasteiger partial charge in [0, 0.05) is 18.7 Å². The summed E-state index contributed by atoms with van der Waals surface area (Å²) in [5.41, 5.74) is 1.01. The van der Waals surface area contributed by atoms with Gasteiger partial charge in [-0.1, -0.05) is 19.1 Å². The van der Waals surface area contributed by atoms with E-state index in [1.54, 1.807) is 25.3 Å². The van der Waals surface area contributed by atoms with E-state index >= 15 is 0 Å². The van der Waals surface area contributed by atoms with Crippen molar-refractivity contribution in [2.75, 3.05) is 20.3 Å². The minimum atomic E-state index is -0.487. The van der Waals surface area contributed by atoms with Gasteiger partial charge < -0.3 is 10.1 Å². The second kappa shape index (κ2) is 7.61. The van der Waals surface area contributed by atoms with E-state index in [1.807, 2.05) is 13.8 Å². The lowest BCUT2D eigenvalue weighted by atomic mass is 9.91. The second-order valence-corrected chi connectivity index (χ2v) is 5.89. The highest BCUT2D eigenvalue weighted by Gasteiger charge is 2.34. The number of thiocarbonyl (C=S) groups is 1. The van der Waals surface area contributed by atoms with Crippen molar-refractivity contribution in [1.82, 2.24) is 10.2 Å². The summed E-state index contributed by atoms with van der Waals surface area (Å²) in [6.45, 7) is 4.72. The van der Waals surface area contributed by atoms with Gasteiger partial charge in [0.1, 0.15) is 0 Å². The Kier molecular flexibility index (Phi) is 5.79. The summed E-state index contributed by atoms with van der Waals surface area (Å²) < 4.78 is 4.99. The lowest BCUT2D eigenvalue weighted by Gasteiger charge is -2.30. The third-order valence-electron chi connectivity index (χ3n) is 3.85. The monoisotopic (exact) mass is 335 g/mol. The molecule has 7 heteroatoms. The van der Waals surface area contributed by atoms with E-state index in [1.165, 1.54) is 4.90 Å². The standard InChI is InChI=1S/C16H21N3O3S/c1-4-10(2)17-14(20)11-5-6-12-13(9-11)18-16(23)19(15(12)21)7-8-22-3/h5-6,9-10,12H,4,7-8H2,1-3H3,(H,17,20). The van der Waals surface area contributed by atoms with Crippen LogP contribution in [0.25, 0.3) is 0 Å². The molecule has 0 spiro atoms. The number of carbonyl (C=O) groups is 2. The minimum Gasteiger partial charge on any atom is -0.383 e. The van der Waals surface area contributed by atoms with Crippen LogP contribution in [0.5, 0.6) is 0 Å². The molecule has 2 amide bonds. The molecule has 0 fully saturated rings. The summed E-state index contributed by atoms with van der Waals surface area (Å²) in [6.07, 6.45) is 5.86. The van der Waals surface area contributed by atoms with Crippen molar-refractivity contribution >= 4 is 34.9 Å². The lowest BCUT2D eigenvalue weighted by molar-refractivity contribution is -0.129. The number of carbonyl (C=O) groups excluding carboxylic acids is 2. The van der Waals surface area contributed by atoms with Crippen molar-refractivity contribution < 1.29 is 14.3 Å². The predicted octanol–water partition coefficient (Wildman–Crippen LogP) is 1.23. The number of hydrogen-bond donors (Lipinski definition) is 1. The first-order chi connectivity index (χ1) is 11.0. The molecule has 6 nitrogen and oxygen atoms in total. The Bertz CT molecular complexity index is 610. The molecule has 0 saturated heterocycles. The van der Waals surface area contributed by atoms with Crippen LogP contribution < -0.4 is 5.32 Å². The maximum absolute atomic E-state index is 12.5. The van der Waals surface area contributed by atoms with Gasteiger partial charge in [0.2, 0.25) is 11.0 Å². The second-order valence-electron chi connectivity index (χ2n) is 5.52. The summed E-state index contributed by atoms with van der Waals surface area (Å²) in [5, 5.41) is 3.11. The predicted molar refractivity (Wildman–Crippen MR) is 92.2 cm³/mol. The molecule has 1 aliphatic carbocycles. The Morgan fingerprint density at radius 1 is 1.57 bits per heavy atom. The molecule has 1 heterocycles. The first kappa shape index (κ1) is 17.5. The zero-order valence-electron chi connectivity index (χ0n) is 13.5. The fourth-order valence-electron chi connectivity index (χ4n) is 2.28. The Morgan fingerprint density at radius 3 is 2.96 bits per heavy atom. The number of aliphatic imine (C=N–C) groups is 1. The number of nitrogens with zero attached hydrogens (tertiary/aromatic N) is 2. The Balaban J connectivity index is 2.18. The Labute approximate surface area is 141 Å². The fraction of sp³-hybridized carbons (Fsp3) is 0.500. The number of hydrogen-bond acceptors (Lipinski definition) is 4. The molecule has 0 radical (unpaired) electrons. The first-order valence-corrected chi connectivity index (χ1v) is 8.02. The largest absolute Gasteiger partial charge is 0.383 e. The van der Waals surface area contributed by atoms with Crippen molar-refractivity contribution in [1.29, 1.82) is 0 Å². The van der Waals surface area contributed by atoms with E-state index in [4.69, 9.17) is 17.0 Å². The molecule has 1 N–H and O–H groups in total. The Hall–Kier alpha value is -1.86. The molecule has 0 aromatic carbocycles. The maximum Gasteiger partial charge on any atom is 0.251 e. The molecule has 23 heavy (non-hydrogen) atoms. The van der Waals surface area contributed by atoms with Crippen LogP contribution in [-0.4, -0.2) is 53.8 Å². The van der Waals surface area contributed by atoms with Gasteiger partial charge in [-0.25, -0.2) is 4.99 Å². The molecule has 0 aromatic rings. The number of ether oxygens (including phenoxy) is 1. The van der Waals surface area contributed by atoms with Crippen molar-refractivity contribution in [3.63, 3.8) is 0 Å². The average molecular weight is 335 g/mol. The number of amides is 2. The number of fused-ring (bicyclic) bond motifs is 1. The van der Waals surface area contributed by atoms with Crippen molar-refractivity contribution in [2.45, 2.75) is 26.3 Å². The number of rotatable bonds is 6. The fourth-order valence-corrected chi connectivity index (χ4v) is 2.56. The van der Waals surface area contributed by atoms with Crippen LogP contribution in [0, 0.1) is 5.92 Å². The smallest absolute Gasteiger partial charge is 0.251 e. The van der Waals surface area contributed by atoms with E-state index in [0.717, 1.165) is 6.42 Å². The van der Waals surface area contributed by atoms with Gasteiger partial charge in [0.25, 0.3) is 5.91 Å². The molecule has 124 valence electrons. The van der Waals surface area contributed by atoms with Crippen LogP contribution in [-0.2, 0) is 14.3 Å². The topological polar surface area (TPSA) is 71.0 Å². The van der Waals surface area contributed by atoms with Crippen LogP contribution in [0.1, 0.15) is 20.3 Å². The highest BCUT2D eigenvalue weighted by molar-refractivity contribution is 7.80. The maximum atomic E-state index is 12.5. The van der Waals surface area contributed by atoms with Crippen molar-refractivity contribution in [3.8, 4) is 0 Å². The average Bonchev–Trinajstić information content (AvgIpc) is 2.53. The van der Waals surface area contributed by atoms with Gasteiger partial charge in [-0.3, -0.25) is 14.5 Å². The third-order valence-corrected chi connectivity index (χ3v) is 4.16. The zero-order chi connectivity index (χ0) is 17.0. The molecule has 2 atom stereocenters. The van der Waals surface area contributed by atoms with Gasteiger partial charge in [0.15, 0.2) is 0 Å². The van der Waals surface area contributed by atoms with E-state index in [0.29, 0.717) is 24.4 Å². The summed E-state index contributed by atoms with van der Waals surface area (Å²) in [4.78, 5) is 30.4. The summed E-state index contributed by atoms with van der Waals surface area (Å²) >= 11 is 5.19. The summed E-state index contributed by atoms with van der Waals surface area (Å²) in [6, 6.07) is 0.0926. The third kappa shape index (κ3) is 3.92. The van der Waals surface area contributed by atoms with Gasteiger partial charge >= 0.3 is 0 Å². The molecule has 0 aromatic heterocycles. The van der Waals surface area contributed by atoms with Crippen LogP contribution in [0.15, 0.2) is 28.8 Å². The van der Waals surface area contributed by atoms with E-state index in [2.05, 4.69) is 10.3 Å². The lowest BCUT2D eigenvalue weighted by Crippen LogP contribution is -2.47. The van der Waals surface area contributed by atoms with Gasteiger partial charge in [0.05, 0.1) is 24.8 Å². The quantitative estimate of drug-likeness (QED) is 0.741. The number of methoxy groups -OCH3 is 1.